The number of likely N-dealkylation sites (N-methyl/N-ethyl adjacent to an activating group) is 1. The number of hydrogen-bond donors (Lipinski definition) is 1. The lowest BCUT2D eigenvalue weighted by Gasteiger charge is -2.22. The summed E-state index contributed by atoms with van der Waals surface area (Å²) in [5, 5.41) is 13.3. The first kappa shape index (κ1) is 16.6. The van der Waals surface area contributed by atoms with E-state index in [4.69, 9.17) is 4.42 Å². The van der Waals surface area contributed by atoms with Gasteiger partial charge in [-0.15, -0.1) is 10.2 Å². The molecule has 1 atom stereocenters. The highest BCUT2D eigenvalue weighted by Gasteiger charge is 2.17. The van der Waals surface area contributed by atoms with E-state index in [9.17, 15) is 4.39 Å². The van der Waals surface area contributed by atoms with E-state index in [-0.39, 0.29) is 11.9 Å². The zero-order valence-electron chi connectivity index (χ0n) is 13.6. The summed E-state index contributed by atoms with van der Waals surface area (Å²) in [6.07, 6.45) is 2.33. The van der Waals surface area contributed by atoms with E-state index in [0.717, 1.165) is 21.5 Å². The highest BCUT2D eigenvalue weighted by Crippen LogP contribution is 2.22. The van der Waals surface area contributed by atoms with Gasteiger partial charge in [0.25, 0.3) is 0 Å². The zero-order valence-corrected chi connectivity index (χ0v) is 14.4. The van der Waals surface area contributed by atoms with Crippen molar-refractivity contribution in [1.29, 1.82) is 0 Å². The Balaban J connectivity index is 1.60. The maximum atomic E-state index is 12.9. The summed E-state index contributed by atoms with van der Waals surface area (Å²) in [4.78, 5) is 2.09. The first-order chi connectivity index (χ1) is 11.6. The fourth-order valence-corrected chi connectivity index (χ4v) is 3.16. The molecule has 1 aromatic carbocycles. The van der Waals surface area contributed by atoms with Crippen LogP contribution in [0.4, 0.5) is 9.52 Å². The predicted molar refractivity (Wildman–Crippen MR) is 92.7 cm³/mol. The molecule has 3 aromatic rings. The second-order valence-corrected chi connectivity index (χ2v) is 6.74. The summed E-state index contributed by atoms with van der Waals surface area (Å²) in [5.74, 6) is 0.676. The van der Waals surface area contributed by atoms with Gasteiger partial charge in [0, 0.05) is 13.0 Å². The molecule has 5 nitrogen and oxygen atoms in total. The number of hydrogen-bond acceptors (Lipinski definition) is 6. The van der Waals surface area contributed by atoms with Gasteiger partial charge in [-0.25, -0.2) is 4.39 Å². The molecule has 1 N–H and O–H groups in total. The molecule has 0 aliphatic heterocycles. The van der Waals surface area contributed by atoms with Gasteiger partial charge in [-0.2, -0.15) is 0 Å². The van der Waals surface area contributed by atoms with Gasteiger partial charge in [-0.3, -0.25) is 4.90 Å². The number of furan rings is 1. The molecule has 2 aromatic heterocycles. The molecule has 0 aliphatic carbocycles. The minimum Gasteiger partial charge on any atom is -0.468 e. The SMILES string of the molecule is CN(C)C(CNc1nnc(Cc2ccc(F)cc2)s1)c1ccco1. The lowest BCUT2D eigenvalue weighted by atomic mass is 10.2. The minimum atomic E-state index is -0.231. The second-order valence-electron chi connectivity index (χ2n) is 5.68. The van der Waals surface area contributed by atoms with Crippen molar-refractivity contribution in [3.63, 3.8) is 0 Å². The van der Waals surface area contributed by atoms with E-state index in [1.807, 2.05) is 26.2 Å². The maximum absolute atomic E-state index is 12.9. The fraction of sp³-hybridized carbons (Fsp3) is 0.294. The van der Waals surface area contributed by atoms with E-state index in [1.54, 1.807) is 18.4 Å². The first-order valence-electron chi connectivity index (χ1n) is 7.62. The normalized spacial score (nSPS) is 12.5. The smallest absolute Gasteiger partial charge is 0.205 e. The van der Waals surface area contributed by atoms with Crippen molar-refractivity contribution in [3.05, 3.63) is 64.8 Å². The Bertz CT molecular complexity index is 755. The number of aromatic nitrogens is 2. The molecule has 0 fully saturated rings. The number of benzene rings is 1. The molecule has 0 saturated carbocycles. The summed E-state index contributed by atoms with van der Waals surface area (Å²) >= 11 is 1.51. The summed E-state index contributed by atoms with van der Waals surface area (Å²) in [6, 6.07) is 10.4. The third-order valence-electron chi connectivity index (χ3n) is 3.68. The van der Waals surface area contributed by atoms with Crippen molar-refractivity contribution in [3.8, 4) is 0 Å². The van der Waals surface area contributed by atoms with E-state index < -0.39 is 0 Å². The van der Waals surface area contributed by atoms with Gasteiger partial charge in [0.1, 0.15) is 16.6 Å². The summed E-state index contributed by atoms with van der Waals surface area (Å²) in [6.45, 7) is 0.672. The van der Waals surface area contributed by atoms with Crippen LogP contribution in [0.5, 0.6) is 0 Å². The van der Waals surface area contributed by atoms with Gasteiger partial charge in [-0.05, 0) is 43.9 Å². The van der Waals surface area contributed by atoms with E-state index in [1.165, 1.54) is 23.5 Å². The molecule has 126 valence electrons. The molecule has 2 heterocycles. The number of anilines is 1. The van der Waals surface area contributed by atoms with Gasteiger partial charge in [0.05, 0.1) is 12.3 Å². The van der Waals surface area contributed by atoms with Crippen LogP contribution in [0.2, 0.25) is 0 Å². The first-order valence-corrected chi connectivity index (χ1v) is 8.44. The van der Waals surface area contributed by atoms with Gasteiger partial charge in [0.15, 0.2) is 0 Å². The molecule has 0 amide bonds. The Hall–Kier alpha value is -2.25. The van der Waals surface area contributed by atoms with Gasteiger partial charge in [-0.1, -0.05) is 23.5 Å². The third-order valence-corrected chi connectivity index (χ3v) is 4.56. The van der Waals surface area contributed by atoms with Gasteiger partial charge >= 0.3 is 0 Å². The molecule has 24 heavy (non-hydrogen) atoms. The summed E-state index contributed by atoms with van der Waals surface area (Å²) < 4.78 is 18.4. The highest BCUT2D eigenvalue weighted by atomic mass is 32.1. The van der Waals surface area contributed by atoms with E-state index in [0.29, 0.717) is 13.0 Å². The molecule has 0 spiro atoms. The van der Waals surface area contributed by atoms with Crippen molar-refractivity contribution in [1.82, 2.24) is 15.1 Å². The molecule has 1 unspecified atom stereocenters. The molecule has 0 aliphatic rings. The molecular formula is C17H19FN4OS. The Morgan fingerprint density at radius 2 is 2.00 bits per heavy atom. The number of nitrogens with zero attached hydrogens (tertiary/aromatic N) is 3. The minimum absolute atomic E-state index is 0.115. The largest absolute Gasteiger partial charge is 0.468 e. The van der Waals surface area contributed by atoms with Crippen molar-refractivity contribution in [2.45, 2.75) is 12.5 Å². The Morgan fingerprint density at radius 3 is 2.67 bits per heavy atom. The highest BCUT2D eigenvalue weighted by molar-refractivity contribution is 7.15. The van der Waals surface area contributed by atoms with Gasteiger partial charge < -0.3 is 9.73 Å². The summed E-state index contributed by atoms with van der Waals surface area (Å²) in [7, 11) is 4.02. The Labute approximate surface area is 144 Å². The van der Waals surface area contributed by atoms with Crippen molar-refractivity contribution >= 4 is 16.5 Å². The van der Waals surface area contributed by atoms with Gasteiger partial charge in [0.2, 0.25) is 5.13 Å². The molecule has 7 heteroatoms. The third kappa shape index (κ3) is 4.18. The lowest BCUT2D eigenvalue weighted by molar-refractivity contribution is 0.269. The zero-order chi connectivity index (χ0) is 16.9. The Morgan fingerprint density at radius 1 is 1.21 bits per heavy atom. The average Bonchev–Trinajstić information content (AvgIpc) is 3.22. The number of halogens is 1. The van der Waals surface area contributed by atoms with Crippen LogP contribution in [-0.4, -0.2) is 35.7 Å². The quantitative estimate of drug-likeness (QED) is 0.709. The van der Waals surface area contributed by atoms with Crippen LogP contribution in [-0.2, 0) is 6.42 Å². The molecule has 0 bridgehead atoms. The van der Waals surface area contributed by atoms with Crippen LogP contribution in [0.25, 0.3) is 0 Å². The van der Waals surface area contributed by atoms with Crippen molar-refractivity contribution in [2.75, 3.05) is 26.0 Å². The molecule has 0 saturated heterocycles. The maximum Gasteiger partial charge on any atom is 0.205 e. The molecule has 3 rings (SSSR count). The topological polar surface area (TPSA) is 54.2 Å². The van der Waals surface area contributed by atoms with Crippen LogP contribution in [0.15, 0.2) is 47.1 Å². The summed E-state index contributed by atoms with van der Waals surface area (Å²) in [5.41, 5.74) is 1.01. The fourth-order valence-electron chi connectivity index (χ4n) is 2.38. The second kappa shape index (κ2) is 7.55. The van der Waals surface area contributed by atoms with Crippen LogP contribution < -0.4 is 5.32 Å². The monoisotopic (exact) mass is 346 g/mol. The average molecular weight is 346 g/mol. The van der Waals surface area contributed by atoms with Crippen LogP contribution in [0, 0.1) is 5.82 Å². The number of nitrogens with one attached hydrogen (secondary N) is 1. The predicted octanol–water partition coefficient (Wildman–Crippen LogP) is 3.58. The lowest BCUT2D eigenvalue weighted by Crippen LogP contribution is -2.26. The molecular weight excluding hydrogens is 327 g/mol. The van der Waals surface area contributed by atoms with Crippen molar-refractivity contribution in [2.24, 2.45) is 0 Å². The van der Waals surface area contributed by atoms with Crippen LogP contribution in [0.3, 0.4) is 0 Å². The van der Waals surface area contributed by atoms with E-state index >= 15 is 0 Å². The standard InChI is InChI=1S/C17H19FN4OS/c1-22(2)14(15-4-3-9-23-15)11-19-17-21-20-16(24-17)10-12-5-7-13(18)8-6-12/h3-9,14H,10-11H2,1-2H3,(H,19,21). The Kier molecular flexibility index (Phi) is 5.22. The number of rotatable bonds is 7. The van der Waals surface area contributed by atoms with Crippen LogP contribution in [0.1, 0.15) is 22.4 Å². The molecule has 0 radical (unpaired) electrons. The van der Waals surface area contributed by atoms with E-state index in [2.05, 4.69) is 20.4 Å². The van der Waals surface area contributed by atoms with Crippen LogP contribution >= 0.6 is 11.3 Å². The van der Waals surface area contributed by atoms with Crippen molar-refractivity contribution < 1.29 is 8.81 Å².